The lowest BCUT2D eigenvalue weighted by molar-refractivity contribution is 0.0645. The molecular weight excluding hydrogens is 338 g/mol. The number of aryl methyl sites for hydroxylation is 1. The summed E-state index contributed by atoms with van der Waals surface area (Å²) in [4.78, 5) is 14.5. The van der Waals surface area contributed by atoms with Crippen molar-refractivity contribution in [1.29, 1.82) is 0 Å². The lowest BCUT2D eigenvalue weighted by Crippen LogP contribution is -2.38. The molecule has 0 saturated carbocycles. The standard InChI is InChI=1S/C19H25N3O2.ClH/c1-14-3-5-16(6-4-14)17-13-18(24-21-17)19(23)22-11-8-15(9-12-22)7-10-20-2;/h3-6,13,15,20H,7-12H2,1-2H3;1H. The van der Waals surface area contributed by atoms with E-state index < -0.39 is 0 Å². The molecule has 1 aliphatic rings. The first-order valence-corrected chi connectivity index (χ1v) is 8.65. The predicted octanol–water partition coefficient (Wildman–Crippen LogP) is 3.53. The predicted molar refractivity (Wildman–Crippen MR) is 101 cm³/mol. The van der Waals surface area contributed by atoms with Gasteiger partial charge in [-0.3, -0.25) is 4.79 Å². The first-order valence-electron chi connectivity index (χ1n) is 8.65. The Labute approximate surface area is 155 Å². The minimum Gasteiger partial charge on any atom is -0.350 e. The lowest BCUT2D eigenvalue weighted by atomic mass is 9.93. The molecule has 1 saturated heterocycles. The Morgan fingerprint density at radius 3 is 2.60 bits per heavy atom. The monoisotopic (exact) mass is 363 g/mol. The molecule has 5 nitrogen and oxygen atoms in total. The van der Waals surface area contributed by atoms with Crippen molar-refractivity contribution in [1.82, 2.24) is 15.4 Å². The number of halogens is 1. The fraction of sp³-hybridized carbons (Fsp3) is 0.474. The van der Waals surface area contributed by atoms with Crippen LogP contribution in [0.25, 0.3) is 11.3 Å². The molecule has 0 unspecified atom stereocenters. The first-order chi connectivity index (χ1) is 11.7. The number of benzene rings is 1. The number of hydrogen-bond donors (Lipinski definition) is 1. The molecule has 2 aromatic rings. The summed E-state index contributed by atoms with van der Waals surface area (Å²) in [7, 11) is 1.98. The molecule has 1 fully saturated rings. The van der Waals surface area contributed by atoms with Gasteiger partial charge in [0, 0.05) is 24.7 Å². The fourth-order valence-corrected chi connectivity index (χ4v) is 3.17. The zero-order chi connectivity index (χ0) is 16.9. The van der Waals surface area contributed by atoms with Gasteiger partial charge >= 0.3 is 0 Å². The fourth-order valence-electron chi connectivity index (χ4n) is 3.17. The van der Waals surface area contributed by atoms with Crippen molar-refractivity contribution >= 4 is 18.3 Å². The van der Waals surface area contributed by atoms with Gasteiger partial charge in [-0.2, -0.15) is 0 Å². The normalized spacial score (nSPS) is 15.0. The van der Waals surface area contributed by atoms with Gasteiger partial charge in [0.15, 0.2) is 0 Å². The maximum Gasteiger partial charge on any atom is 0.292 e. The van der Waals surface area contributed by atoms with Crippen molar-refractivity contribution in [2.24, 2.45) is 5.92 Å². The lowest BCUT2D eigenvalue weighted by Gasteiger charge is -2.31. The van der Waals surface area contributed by atoms with E-state index in [0.717, 1.165) is 38.0 Å². The Kier molecular flexibility index (Phi) is 7.02. The molecule has 1 N–H and O–H groups in total. The molecule has 0 spiro atoms. The molecule has 1 amide bonds. The van der Waals surface area contributed by atoms with Gasteiger partial charge < -0.3 is 14.7 Å². The van der Waals surface area contributed by atoms with Gasteiger partial charge in [0.25, 0.3) is 5.91 Å². The molecule has 1 aromatic carbocycles. The van der Waals surface area contributed by atoms with Crippen molar-refractivity contribution in [2.75, 3.05) is 26.7 Å². The number of carbonyl (C=O) groups excluding carboxylic acids is 1. The number of nitrogens with zero attached hydrogens (tertiary/aromatic N) is 2. The number of aromatic nitrogens is 1. The van der Waals surface area contributed by atoms with Crippen LogP contribution in [0.2, 0.25) is 0 Å². The Balaban J connectivity index is 0.00000225. The van der Waals surface area contributed by atoms with Crippen LogP contribution in [-0.4, -0.2) is 42.6 Å². The second-order valence-corrected chi connectivity index (χ2v) is 6.57. The summed E-state index contributed by atoms with van der Waals surface area (Å²) in [6, 6.07) is 9.80. The summed E-state index contributed by atoms with van der Waals surface area (Å²) in [6.07, 6.45) is 3.30. The maximum atomic E-state index is 12.6. The molecule has 3 rings (SSSR count). The van der Waals surface area contributed by atoms with Gasteiger partial charge in [-0.15, -0.1) is 12.4 Å². The molecule has 0 bridgehead atoms. The highest BCUT2D eigenvalue weighted by molar-refractivity contribution is 5.92. The van der Waals surface area contributed by atoms with Crippen LogP contribution in [0.5, 0.6) is 0 Å². The molecule has 1 aliphatic heterocycles. The number of carbonyl (C=O) groups is 1. The number of piperidine rings is 1. The second-order valence-electron chi connectivity index (χ2n) is 6.57. The zero-order valence-electron chi connectivity index (χ0n) is 14.8. The SMILES string of the molecule is CNCCC1CCN(C(=O)c2cc(-c3ccc(C)cc3)no2)CC1.Cl. The first kappa shape index (κ1) is 19.5. The van der Waals surface area contributed by atoms with Crippen molar-refractivity contribution in [3.05, 3.63) is 41.7 Å². The van der Waals surface area contributed by atoms with Gasteiger partial charge in [-0.05, 0) is 45.7 Å². The summed E-state index contributed by atoms with van der Waals surface area (Å²) >= 11 is 0. The molecule has 0 aliphatic carbocycles. The molecule has 6 heteroatoms. The highest BCUT2D eigenvalue weighted by atomic mass is 35.5. The highest BCUT2D eigenvalue weighted by Gasteiger charge is 2.26. The Hall–Kier alpha value is -1.85. The Morgan fingerprint density at radius 2 is 1.96 bits per heavy atom. The third-order valence-corrected chi connectivity index (χ3v) is 4.77. The van der Waals surface area contributed by atoms with E-state index in [1.54, 1.807) is 6.07 Å². The van der Waals surface area contributed by atoms with Crippen LogP contribution in [0.1, 0.15) is 35.4 Å². The summed E-state index contributed by atoms with van der Waals surface area (Å²) in [5, 5.41) is 7.25. The van der Waals surface area contributed by atoms with E-state index in [2.05, 4.69) is 10.5 Å². The van der Waals surface area contributed by atoms with Crippen LogP contribution in [0.4, 0.5) is 0 Å². The van der Waals surface area contributed by atoms with E-state index in [-0.39, 0.29) is 18.3 Å². The number of nitrogens with one attached hydrogen (secondary N) is 1. The van der Waals surface area contributed by atoms with Crippen LogP contribution < -0.4 is 5.32 Å². The number of hydrogen-bond acceptors (Lipinski definition) is 4. The van der Waals surface area contributed by atoms with E-state index in [4.69, 9.17) is 4.52 Å². The van der Waals surface area contributed by atoms with E-state index >= 15 is 0 Å². The van der Waals surface area contributed by atoms with Crippen LogP contribution >= 0.6 is 12.4 Å². The van der Waals surface area contributed by atoms with E-state index in [1.165, 1.54) is 12.0 Å². The van der Waals surface area contributed by atoms with Crippen molar-refractivity contribution in [3.63, 3.8) is 0 Å². The van der Waals surface area contributed by atoms with E-state index in [0.29, 0.717) is 17.4 Å². The summed E-state index contributed by atoms with van der Waals surface area (Å²) < 4.78 is 5.30. The molecule has 136 valence electrons. The van der Waals surface area contributed by atoms with Gasteiger partial charge in [-0.1, -0.05) is 35.0 Å². The summed E-state index contributed by atoms with van der Waals surface area (Å²) in [6.45, 7) is 4.68. The van der Waals surface area contributed by atoms with Crippen LogP contribution in [0.3, 0.4) is 0 Å². The smallest absolute Gasteiger partial charge is 0.292 e. The second kappa shape index (κ2) is 9.02. The Bertz CT molecular complexity index is 676. The average Bonchev–Trinajstić information content (AvgIpc) is 3.10. The van der Waals surface area contributed by atoms with Crippen LogP contribution in [0, 0.1) is 12.8 Å². The third-order valence-electron chi connectivity index (χ3n) is 4.77. The van der Waals surface area contributed by atoms with E-state index in [9.17, 15) is 4.79 Å². The molecule has 0 radical (unpaired) electrons. The number of likely N-dealkylation sites (tertiary alicyclic amines) is 1. The van der Waals surface area contributed by atoms with Crippen molar-refractivity contribution in [3.8, 4) is 11.3 Å². The quantitative estimate of drug-likeness (QED) is 0.882. The summed E-state index contributed by atoms with van der Waals surface area (Å²) in [5.41, 5.74) is 2.87. The molecule has 1 aromatic heterocycles. The Morgan fingerprint density at radius 1 is 1.28 bits per heavy atom. The van der Waals surface area contributed by atoms with Gasteiger partial charge in [0.05, 0.1) is 0 Å². The maximum absolute atomic E-state index is 12.6. The largest absolute Gasteiger partial charge is 0.350 e. The van der Waals surface area contributed by atoms with E-state index in [1.807, 2.05) is 43.1 Å². The van der Waals surface area contributed by atoms with Crippen molar-refractivity contribution < 1.29 is 9.32 Å². The molecule has 0 atom stereocenters. The van der Waals surface area contributed by atoms with Crippen LogP contribution in [0.15, 0.2) is 34.9 Å². The zero-order valence-corrected chi connectivity index (χ0v) is 15.6. The van der Waals surface area contributed by atoms with Gasteiger partial charge in [0.2, 0.25) is 5.76 Å². The minimum absolute atomic E-state index is 0. The van der Waals surface area contributed by atoms with Crippen LogP contribution in [-0.2, 0) is 0 Å². The molecule has 2 heterocycles. The third kappa shape index (κ3) is 4.83. The number of amides is 1. The topological polar surface area (TPSA) is 58.4 Å². The van der Waals surface area contributed by atoms with Gasteiger partial charge in [-0.25, -0.2) is 0 Å². The van der Waals surface area contributed by atoms with Crippen molar-refractivity contribution in [2.45, 2.75) is 26.2 Å². The number of rotatable bonds is 5. The highest BCUT2D eigenvalue weighted by Crippen LogP contribution is 2.24. The van der Waals surface area contributed by atoms with Gasteiger partial charge in [0.1, 0.15) is 5.69 Å². The molecular formula is C19H26ClN3O2. The minimum atomic E-state index is -0.0482. The summed E-state index contributed by atoms with van der Waals surface area (Å²) in [5.74, 6) is 0.992. The molecule has 25 heavy (non-hydrogen) atoms. The average molecular weight is 364 g/mol.